The standard InChI is InChI=1S/C20H32N4O3/c1-15-17(16(2)23(5)21-15)8-9-19(26)24-13-7-11-20(14-24,27-6)12-10-18(25)22(3)4/h8-9H,7,10-14H2,1-6H3/b9-8+/t20-/m1/s1. The Morgan fingerprint density at radius 3 is 2.59 bits per heavy atom. The summed E-state index contributed by atoms with van der Waals surface area (Å²) in [7, 11) is 7.08. The molecule has 1 fully saturated rings. The molecule has 1 aliphatic rings. The lowest BCUT2D eigenvalue weighted by molar-refractivity contribution is -0.138. The molecule has 0 unspecified atom stereocenters. The summed E-state index contributed by atoms with van der Waals surface area (Å²) >= 11 is 0. The molecule has 2 amide bonds. The lowest BCUT2D eigenvalue weighted by Gasteiger charge is -2.41. The first-order valence-corrected chi connectivity index (χ1v) is 9.41. The van der Waals surface area contributed by atoms with E-state index in [0.717, 1.165) is 29.8 Å². The van der Waals surface area contributed by atoms with Crippen LogP contribution >= 0.6 is 0 Å². The van der Waals surface area contributed by atoms with Crippen molar-refractivity contribution >= 4 is 17.9 Å². The quantitative estimate of drug-likeness (QED) is 0.712. The number of amides is 2. The second-order valence-electron chi connectivity index (χ2n) is 7.58. The van der Waals surface area contributed by atoms with Gasteiger partial charge in [0, 0.05) is 65.1 Å². The predicted molar refractivity (Wildman–Crippen MR) is 105 cm³/mol. The number of carbonyl (C=O) groups is 2. The lowest BCUT2D eigenvalue weighted by atomic mass is 9.87. The zero-order valence-electron chi connectivity index (χ0n) is 17.4. The average Bonchev–Trinajstić information content (AvgIpc) is 2.89. The highest BCUT2D eigenvalue weighted by molar-refractivity contribution is 5.92. The van der Waals surface area contributed by atoms with E-state index in [1.807, 2.05) is 36.6 Å². The molecule has 1 saturated heterocycles. The zero-order chi connectivity index (χ0) is 20.2. The fourth-order valence-electron chi connectivity index (χ4n) is 3.61. The van der Waals surface area contributed by atoms with Gasteiger partial charge in [-0.2, -0.15) is 5.10 Å². The first-order valence-electron chi connectivity index (χ1n) is 9.41. The van der Waals surface area contributed by atoms with Crippen molar-refractivity contribution in [3.63, 3.8) is 0 Å². The highest BCUT2D eigenvalue weighted by Crippen LogP contribution is 2.30. The van der Waals surface area contributed by atoms with Crippen LogP contribution < -0.4 is 0 Å². The van der Waals surface area contributed by atoms with E-state index in [-0.39, 0.29) is 11.8 Å². The van der Waals surface area contributed by atoms with Crippen LogP contribution in [0.5, 0.6) is 0 Å². The molecule has 1 atom stereocenters. The molecule has 150 valence electrons. The minimum atomic E-state index is -0.451. The molecular weight excluding hydrogens is 344 g/mol. The van der Waals surface area contributed by atoms with Gasteiger partial charge in [0.15, 0.2) is 0 Å². The van der Waals surface area contributed by atoms with Crippen LogP contribution in [0.4, 0.5) is 0 Å². The van der Waals surface area contributed by atoms with Crippen LogP contribution in [0.15, 0.2) is 6.08 Å². The van der Waals surface area contributed by atoms with E-state index in [2.05, 4.69) is 5.10 Å². The summed E-state index contributed by atoms with van der Waals surface area (Å²) in [6.07, 6.45) is 6.24. The zero-order valence-corrected chi connectivity index (χ0v) is 17.4. The molecular formula is C20H32N4O3. The smallest absolute Gasteiger partial charge is 0.246 e. The fraction of sp³-hybridized carbons (Fsp3) is 0.650. The van der Waals surface area contributed by atoms with E-state index in [1.54, 1.807) is 32.2 Å². The number of methoxy groups -OCH3 is 1. The maximum Gasteiger partial charge on any atom is 0.246 e. The highest BCUT2D eigenvalue weighted by Gasteiger charge is 2.37. The van der Waals surface area contributed by atoms with Gasteiger partial charge in [0.05, 0.1) is 11.3 Å². The van der Waals surface area contributed by atoms with E-state index < -0.39 is 5.60 Å². The number of rotatable bonds is 6. The van der Waals surface area contributed by atoms with Gasteiger partial charge >= 0.3 is 0 Å². The largest absolute Gasteiger partial charge is 0.376 e. The molecule has 0 N–H and O–H groups in total. The van der Waals surface area contributed by atoms with Crippen molar-refractivity contribution in [1.82, 2.24) is 19.6 Å². The van der Waals surface area contributed by atoms with Crippen molar-refractivity contribution in [3.05, 3.63) is 23.0 Å². The van der Waals surface area contributed by atoms with Gasteiger partial charge in [-0.15, -0.1) is 0 Å². The third-order valence-corrected chi connectivity index (χ3v) is 5.53. The lowest BCUT2D eigenvalue weighted by Crippen LogP contribution is -2.51. The number of aromatic nitrogens is 2. The molecule has 0 aromatic carbocycles. The Morgan fingerprint density at radius 2 is 2.04 bits per heavy atom. The number of aryl methyl sites for hydroxylation is 2. The van der Waals surface area contributed by atoms with Crippen LogP contribution in [0, 0.1) is 13.8 Å². The van der Waals surface area contributed by atoms with Crippen LogP contribution in [0.25, 0.3) is 6.08 Å². The molecule has 1 aromatic rings. The number of hydrogen-bond acceptors (Lipinski definition) is 4. The third kappa shape index (κ3) is 4.97. The van der Waals surface area contributed by atoms with E-state index in [4.69, 9.17) is 4.74 Å². The van der Waals surface area contributed by atoms with Crippen molar-refractivity contribution in [2.45, 2.75) is 45.1 Å². The number of hydrogen-bond donors (Lipinski definition) is 0. The SMILES string of the molecule is CO[C@@]1(CCC(=O)N(C)C)CCCN(C(=O)/C=C/c2c(C)nn(C)c2C)C1. The molecule has 1 aliphatic heterocycles. The van der Waals surface area contributed by atoms with Gasteiger partial charge in [0.25, 0.3) is 0 Å². The molecule has 7 nitrogen and oxygen atoms in total. The van der Waals surface area contributed by atoms with Gasteiger partial charge < -0.3 is 14.5 Å². The van der Waals surface area contributed by atoms with Crippen molar-refractivity contribution in [3.8, 4) is 0 Å². The monoisotopic (exact) mass is 376 g/mol. The Bertz CT molecular complexity index is 723. The second kappa shape index (κ2) is 8.69. The summed E-state index contributed by atoms with van der Waals surface area (Å²) in [6, 6.07) is 0. The van der Waals surface area contributed by atoms with Crippen LogP contribution in [0.1, 0.15) is 42.6 Å². The molecule has 1 aromatic heterocycles. The normalized spacial score (nSPS) is 20.3. The summed E-state index contributed by atoms with van der Waals surface area (Å²) in [5, 5.41) is 4.38. The summed E-state index contributed by atoms with van der Waals surface area (Å²) in [5.41, 5.74) is 2.47. The average molecular weight is 377 g/mol. The molecule has 2 rings (SSSR count). The minimum Gasteiger partial charge on any atom is -0.376 e. The highest BCUT2D eigenvalue weighted by atomic mass is 16.5. The van der Waals surface area contributed by atoms with E-state index in [9.17, 15) is 9.59 Å². The Morgan fingerprint density at radius 1 is 1.33 bits per heavy atom. The van der Waals surface area contributed by atoms with Crippen molar-refractivity contribution in [2.24, 2.45) is 7.05 Å². The maximum absolute atomic E-state index is 12.7. The van der Waals surface area contributed by atoms with Gasteiger partial charge in [-0.25, -0.2) is 0 Å². The van der Waals surface area contributed by atoms with E-state index in [1.165, 1.54) is 0 Å². The van der Waals surface area contributed by atoms with Crippen LogP contribution in [-0.2, 0) is 21.4 Å². The van der Waals surface area contributed by atoms with E-state index >= 15 is 0 Å². The van der Waals surface area contributed by atoms with Crippen LogP contribution in [0.3, 0.4) is 0 Å². The molecule has 0 radical (unpaired) electrons. The molecule has 0 saturated carbocycles. The first kappa shape index (κ1) is 21.2. The first-order chi connectivity index (χ1) is 12.7. The summed E-state index contributed by atoms with van der Waals surface area (Å²) in [4.78, 5) is 28.1. The number of nitrogens with zero attached hydrogens (tertiary/aromatic N) is 4. The topological polar surface area (TPSA) is 67.7 Å². The van der Waals surface area contributed by atoms with Crippen molar-refractivity contribution in [1.29, 1.82) is 0 Å². The number of carbonyl (C=O) groups excluding carboxylic acids is 2. The molecule has 0 bridgehead atoms. The van der Waals surface area contributed by atoms with E-state index in [0.29, 0.717) is 25.9 Å². The predicted octanol–water partition coefficient (Wildman–Crippen LogP) is 1.93. The van der Waals surface area contributed by atoms with Crippen LogP contribution in [0.2, 0.25) is 0 Å². The molecule has 2 heterocycles. The Hall–Kier alpha value is -2.15. The summed E-state index contributed by atoms with van der Waals surface area (Å²) in [6.45, 7) is 5.15. The minimum absolute atomic E-state index is 0.0299. The Labute approximate surface area is 162 Å². The summed E-state index contributed by atoms with van der Waals surface area (Å²) < 4.78 is 7.61. The summed E-state index contributed by atoms with van der Waals surface area (Å²) in [5.74, 6) is 0.0509. The third-order valence-electron chi connectivity index (χ3n) is 5.53. The Balaban J connectivity index is 2.06. The number of ether oxygens (including phenoxy) is 1. The molecule has 0 spiro atoms. The van der Waals surface area contributed by atoms with Crippen molar-refractivity contribution in [2.75, 3.05) is 34.3 Å². The van der Waals surface area contributed by atoms with Gasteiger partial charge in [0.2, 0.25) is 11.8 Å². The molecule has 7 heteroatoms. The van der Waals surface area contributed by atoms with Gasteiger partial charge in [0.1, 0.15) is 0 Å². The number of piperidine rings is 1. The second-order valence-corrected chi connectivity index (χ2v) is 7.58. The van der Waals surface area contributed by atoms with Gasteiger partial charge in [-0.3, -0.25) is 14.3 Å². The molecule has 27 heavy (non-hydrogen) atoms. The fourth-order valence-corrected chi connectivity index (χ4v) is 3.61. The van der Waals surface area contributed by atoms with Gasteiger partial charge in [-0.05, 0) is 39.2 Å². The van der Waals surface area contributed by atoms with Gasteiger partial charge in [-0.1, -0.05) is 0 Å². The Kier molecular flexibility index (Phi) is 6.81. The number of likely N-dealkylation sites (tertiary alicyclic amines) is 1. The van der Waals surface area contributed by atoms with Crippen molar-refractivity contribution < 1.29 is 14.3 Å². The van der Waals surface area contributed by atoms with Crippen LogP contribution in [-0.4, -0.2) is 71.3 Å². The molecule has 0 aliphatic carbocycles. The maximum atomic E-state index is 12.7.